The number of aliphatic carboxylic acids is 1. The Balaban J connectivity index is 1.77. The number of carbonyl (C=O) groups excluding carboxylic acids is 1. The van der Waals surface area contributed by atoms with E-state index in [1.165, 1.54) is 29.8 Å². The van der Waals surface area contributed by atoms with Gasteiger partial charge in [0, 0.05) is 18.2 Å². The molecule has 0 saturated carbocycles. The smallest absolute Gasteiger partial charge is 0.303 e. The molecule has 2 rings (SSSR count). The van der Waals surface area contributed by atoms with Crippen LogP contribution in [0.25, 0.3) is 0 Å². The zero-order chi connectivity index (χ0) is 15.1. The van der Waals surface area contributed by atoms with Gasteiger partial charge in [0.15, 0.2) is 5.13 Å². The van der Waals surface area contributed by atoms with Gasteiger partial charge in [0.25, 0.3) is 0 Å². The van der Waals surface area contributed by atoms with E-state index in [2.05, 4.69) is 16.4 Å². The van der Waals surface area contributed by atoms with E-state index in [-0.39, 0.29) is 12.3 Å². The topological polar surface area (TPSA) is 79.3 Å². The normalized spacial score (nSPS) is 14.6. The molecule has 114 valence electrons. The first-order valence-electron chi connectivity index (χ1n) is 7.27. The Bertz CT molecular complexity index is 537. The van der Waals surface area contributed by atoms with Crippen LogP contribution in [-0.2, 0) is 16.0 Å². The zero-order valence-electron chi connectivity index (χ0n) is 11.9. The molecule has 0 aromatic carbocycles. The minimum absolute atomic E-state index is 0.0189. The van der Waals surface area contributed by atoms with Crippen LogP contribution in [0.1, 0.15) is 50.6 Å². The van der Waals surface area contributed by atoms with Gasteiger partial charge >= 0.3 is 5.97 Å². The van der Waals surface area contributed by atoms with Crippen molar-refractivity contribution in [2.24, 2.45) is 0 Å². The third kappa shape index (κ3) is 5.67. The molecule has 1 aliphatic rings. The summed E-state index contributed by atoms with van der Waals surface area (Å²) in [6.07, 6.45) is 8.45. The lowest BCUT2D eigenvalue weighted by Gasteiger charge is -2.11. The predicted molar refractivity (Wildman–Crippen MR) is 82.5 cm³/mol. The number of amides is 1. The standard InChI is InChI=1S/C15H20N2O3S/c18-13(9-11-5-2-1-3-6-11)17-15-16-12(10-21-15)7-4-8-14(19)20/h5,10H,1-4,6-9H2,(H,19,20)(H,16,17,18). The number of rotatable bonds is 7. The maximum Gasteiger partial charge on any atom is 0.303 e. The quantitative estimate of drug-likeness (QED) is 0.757. The van der Waals surface area contributed by atoms with E-state index in [1.807, 2.05) is 5.38 Å². The van der Waals surface area contributed by atoms with E-state index in [0.29, 0.717) is 24.4 Å². The Morgan fingerprint density at radius 2 is 2.24 bits per heavy atom. The third-order valence-corrected chi connectivity index (χ3v) is 4.20. The molecule has 0 atom stereocenters. The summed E-state index contributed by atoms with van der Waals surface area (Å²) in [7, 11) is 0. The molecule has 6 heteroatoms. The number of hydrogen-bond donors (Lipinski definition) is 2. The van der Waals surface area contributed by atoms with E-state index in [4.69, 9.17) is 5.11 Å². The second-order valence-corrected chi connectivity index (χ2v) is 6.08. The van der Waals surface area contributed by atoms with E-state index in [0.717, 1.165) is 18.5 Å². The molecule has 0 radical (unpaired) electrons. The van der Waals surface area contributed by atoms with Crippen molar-refractivity contribution in [3.8, 4) is 0 Å². The summed E-state index contributed by atoms with van der Waals surface area (Å²) in [6.45, 7) is 0. The molecule has 0 aliphatic heterocycles. The van der Waals surface area contributed by atoms with Gasteiger partial charge in [0.2, 0.25) is 5.91 Å². The number of carboxylic acids is 1. The molecular weight excluding hydrogens is 288 g/mol. The van der Waals surface area contributed by atoms with Crippen LogP contribution in [0.4, 0.5) is 5.13 Å². The van der Waals surface area contributed by atoms with Gasteiger partial charge in [0.05, 0.1) is 5.69 Å². The molecule has 1 aromatic rings. The molecule has 21 heavy (non-hydrogen) atoms. The zero-order valence-corrected chi connectivity index (χ0v) is 12.7. The van der Waals surface area contributed by atoms with Crippen LogP contribution in [0.2, 0.25) is 0 Å². The molecule has 1 aliphatic carbocycles. The van der Waals surface area contributed by atoms with Crippen LogP contribution in [-0.4, -0.2) is 22.0 Å². The fourth-order valence-corrected chi connectivity index (χ4v) is 3.10. The van der Waals surface area contributed by atoms with Crippen LogP contribution in [0.5, 0.6) is 0 Å². The summed E-state index contributed by atoms with van der Waals surface area (Å²) in [5.41, 5.74) is 2.06. The van der Waals surface area contributed by atoms with Crippen molar-refractivity contribution in [1.29, 1.82) is 0 Å². The van der Waals surface area contributed by atoms with Gasteiger partial charge in [-0.3, -0.25) is 9.59 Å². The summed E-state index contributed by atoms with van der Waals surface area (Å²) in [6, 6.07) is 0. The van der Waals surface area contributed by atoms with Gasteiger partial charge in [-0.05, 0) is 38.5 Å². The predicted octanol–water partition coefficient (Wildman–Crippen LogP) is 3.38. The summed E-state index contributed by atoms with van der Waals surface area (Å²) < 4.78 is 0. The Kier molecular flexibility index (Phi) is 5.92. The van der Waals surface area contributed by atoms with Crippen molar-refractivity contribution < 1.29 is 14.7 Å². The van der Waals surface area contributed by atoms with Gasteiger partial charge in [-0.2, -0.15) is 0 Å². The number of nitrogens with zero attached hydrogens (tertiary/aromatic N) is 1. The minimum atomic E-state index is -0.792. The molecule has 0 unspecified atom stereocenters. The van der Waals surface area contributed by atoms with Gasteiger partial charge in [-0.1, -0.05) is 11.6 Å². The number of hydrogen-bond acceptors (Lipinski definition) is 4. The highest BCUT2D eigenvalue weighted by Gasteiger charge is 2.11. The van der Waals surface area contributed by atoms with Crippen molar-refractivity contribution in [3.05, 3.63) is 22.7 Å². The highest BCUT2D eigenvalue weighted by molar-refractivity contribution is 7.13. The van der Waals surface area contributed by atoms with E-state index in [1.54, 1.807) is 0 Å². The number of anilines is 1. The first kappa shape index (κ1) is 15.7. The molecule has 5 nitrogen and oxygen atoms in total. The number of allylic oxidation sites excluding steroid dienone is 1. The molecule has 0 fully saturated rings. The van der Waals surface area contributed by atoms with E-state index in [9.17, 15) is 9.59 Å². The Morgan fingerprint density at radius 1 is 1.38 bits per heavy atom. The van der Waals surface area contributed by atoms with Crippen molar-refractivity contribution in [2.45, 2.75) is 51.4 Å². The molecule has 2 N–H and O–H groups in total. The molecule has 0 saturated heterocycles. The minimum Gasteiger partial charge on any atom is -0.481 e. The van der Waals surface area contributed by atoms with Crippen LogP contribution in [0.15, 0.2) is 17.0 Å². The van der Waals surface area contributed by atoms with Crippen molar-refractivity contribution in [3.63, 3.8) is 0 Å². The first-order valence-corrected chi connectivity index (χ1v) is 8.15. The number of aryl methyl sites for hydroxylation is 1. The maximum absolute atomic E-state index is 11.9. The number of thiazole rings is 1. The maximum atomic E-state index is 11.9. The lowest BCUT2D eigenvalue weighted by molar-refractivity contribution is -0.137. The van der Waals surface area contributed by atoms with Gasteiger partial charge in [0.1, 0.15) is 0 Å². The lowest BCUT2D eigenvalue weighted by Crippen LogP contribution is -2.13. The van der Waals surface area contributed by atoms with Crippen molar-refractivity contribution in [2.75, 3.05) is 5.32 Å². The van der Waals surface area contributed by atoms with Crippen LogP contribution < -0.4 is 5.32 Å². The van der Waals surface area contributed by atoms with Crippen LogP contribution in [0, 0.1) is 0 Å². The molecule has 1 aromatic heterocycles. The SMILES string of the molecule is O=C(O)CCCc1csc(NC(=O)CC2=CCCCC2)n1. The monoisotopic (exact) mass is 308 g/mol. The van der Waals surface area contributed by atoms with Gasteiger partial charge in [-0.15, -0.1) is 11.3 Å². The van der Waals surface area contributed by atoms with Crippen LogP contribution >= 0.6 is 11.3 Å². The number of carbonyl (C=O) groups is 2. The molecule has 0 bridgehead atoms. The largest absolute Gasteiger partial charge is 0.481 e. The number of aromatic nitrogens is 1. The third-order valence-electron chi connectivity index (χ3n) is 3.39. The van der Waals surface area contributed by atoms with Gasteiger partial charge in [-0.25, -0.2) is 4.98 Å². The molecular formula is C15H20N2O3S. The fourth-order valence-electron chi connectivity index (χ4n) is 2.33. The first-order chi connectivity index (χ1) is 10.1. The average Bonchev–Trinajstić information content (AvgIpc) is 2.86. The van der Waals surface area contributed by atoms with Crippen LogP contribution in [0.3, 0.4) is 0 Å². The summed E-state index contributed by atoms with van der Waals surface area (Å²) >= 11 is 1.39. The highest BCUT2D eigenvalue weighted by Crippen LogP contribution is 2.22. The summed E-state index contributed by atoms with van der Waals surface area (Å²) in [4.78, 5) is 26.7. The second-order valence-electron chi connectivity index (χ2n) is 5.22. The number of carboxylic acid groups (broad SMARTS) is 1. The number of nitrogens with one attached hydrogen (secondary N) is 1. The Labute approximate surface area is 128 Å². The fraction of sp³-hybridized carbons (Fsp3) is 0.533. The van der Waals surface area contributed by atoms with Crippen molar-refractivity contribution >= 4 is 28.3 Å². The summed E-state index contributed by atoms with van der Waals surface area (Å²) in [5, 5.41) is 13.9. The van der Waals surface area contributed by atoms with E-state index < -0.39 is 5.97 Å². The Morgan fingerprint density at radius 3 is 2.95 bits per heavy atom. The Hall–Kier alpha value is -1.69. The molecule has 1 heterocycles. The molecule has 1 amide bonds. The molecule has 0 spiro atoms. The second kappa shape index (κ2) is 7.93. The average molecular weight is 308 g/mol. The van der Waals surface area contributed by atoms with Gasteiger partial charge < -0.3 is 10.4 Å². The highest BCUT2D eigenvalue weighted by atomic mass is 32.1. The van der Waals surface area contributed by atoms with E-state index >= 15 is 0 Å². The lowest BCUT2D eigenvalue weighted by atomic mass is 9.97. The van der Waals surface area contributed by atoms with Crippen molar-refractivity contribution in [1.82, 2.24) is 4.98 Å². The summed E-state index contributed by atoms with van der Waals surface area (Å²) in [5.74, 6) is -0.811.